The first-order valence-corrected chi connectivity index (χ1v) is 22.2. The van der Waals surface area contributed by atoms with Gasteiger partial charge in [0.2, 0.25) is 0 Å². The number of hydrogen-bond donors (Lipinski definition) is 1. The molecule has 3 aromatic carbocycles. The minimum Gasteiger partial charge on any atom is -0.497 e. The minimum atomic E-state index is -4.66. The van der Waals surface area contributed by atoms with Crippen molar-refractivity contribution in [3.63, 3.8) is 0 Å². The molecule has 0 saturated heterocycles. The van der Waals surface area contributed by atoms with E-state index in [4.69, 9.17) is 23.7 Å². The number of hydrogen-bond acceptors (Lipinski definition) is 11. The second-order valence-corrected chi connectivity index (χ2v) is 16.9. The maximum absolute atomic E-state index is 13.7. The Hall–Kier alpha value is -6.45. The van der Waals surface area contributed by atoms with Crippen LogP contribution in [-0.2, 0) is 38.3 Å². The molecule has 0 aliphatic heterocycles. The first-order chi connectivity index (χ1) is 31.5. The van der Waals surface area contributed by atoms with E-state index in [1.54, 1.807) is 51.1 Å². The van der Waals surface area contributed by atoms with Crippen molar-refractivity contribution in [2.45, 2.75) is 132 Å². The van der Waals surface area contributed by atoms with Crippen molar-refractivity contribution in [3.8, 4) is 17.2 Å². The molecule has 4 rings (SSSR count). The molecule has 0 saturated carbocycles. The number of alkyl halides is 3. The Morgan fingerprint density at radius 3 is 1.79 bits per heavy atom. The fourth-order valence-corrected chi connectivity index (χ4v) is 5.99. The van der Waals surface area contributed by atoms with Gasteiger partial charge in [-0.3, -0.25) is 24.2 Å². The zero-order valence-electron chi connectivity index (χ0n) is 40.6. The zero-order valence-corrected chi connectivity index (χ0v) is 40.6. The second kappa shape index (κ2) is 27.3. The summed E-state index contributed by atoms with van der Waals surface area (Å²) in [5.74, 6) is -1.89. The third kappa shape index (κ3) is 21.6. The number of carbonyl (C=O) groups is 5. The van der Waals surface area contributed by atoms with Crippen LogP contribution in [0.15, 0.2) is 85.1 Å². The number of rotatable bonds is 18. The average molecular weight is 938 g/mol. The lowest BCUT2D eigenvalue weighted by Crippen LogP contribution is -2.38. The SMILES string of the molecule is CC.CC(=O)OC(C)(C)C.CCCCCCCOc1ccc(C(=O)Oc2ccc(CN(CC(=O)OC(C)(C)C)C(=O)c3ccc(C(=O)NCc4ccc(OC)cc4C(F)(F)F)cc3)nc2)cc1. The first kappa shape index (κ1) is 56.7. The van der Waals surface area contributed by atoms with Gasteiger partial charge < -0.3 is 33.9 Å². The highest BCUT2D eigenvalue weighted by Crippen LogP contribution is 2.34. The molecule has 13 nitrogen and oxygen atoms in total. The molecule has 4 aromatic rings. The monoisotopic (exact) mass is 937 g/mol. The van der Waals surface area contributed by atoms with Crippen molar-refractivity contribution >= 4 is 29.7 Å². The summed E-state index contributed by atoms with van der Waals surface area (Å²) < 4.78 is 67.3. The first-order valence-electron chi connectivity index (χ1n) is 22.2. The summed E-state index contributed by atoms with van der Waals surface area (Å²) in [6.45, 7) is 17.8. The number of aromatic nitrogens is 1. The van der Waals surface area contributed by atoms with Gasteiger partial charge in [-0.1, -0.05) is 52.5 Å². The topological polar surface area (TPSA) is 160 Å². The molecule has 0 aliphatic carbocycles. The normalized spacial score (nSPS) is 11.1. The van der Waals surface area contributed by atoms with Crippen LogP contribution in [0.5, 0.6) is 17.2 Å². The summed E-state index contributed by atoms with van der Waals surface area (Å²) in [5.41, 5.74) is -1.33. The standard InChI is InChI=1S/C43H48F3N3O8.C6H12O2.C2H6/c1-6-7-8-9-10-23-55-34-19-15-31(16-20-34)41(53)56-36-22-18-33(47-26-36)27-49(28-38(50)57-42(2,3)4)40(52)30-13-11-29(12-14-30)39(51)48-25-32-17-21-35(54-5)24-37(32)43(44,45)46;1-5(7)8-6(2,3)4;1-2/h11-22,24,26H,6-10,23,25,27-28H2,1-5H3,(H,48,51);1-4H3;1-2H3. The van der Waals surface area contributed by atoms with E-state index in [1.165, 1.54) is 86.9 Å². The average Bonchev–Trinajstić information content (AvgIpc) is 3.26. The van der Waals surface area contributed by atoms with Crippen molar-refractivity contribution in [1.29, 1.82) is 0 Å². The van der Waals surface area contributed by atoms with Crippen LogP contribution in [0.1, 0.15) is 149 Å². The van der Waals surface area contributed by atoms with E-state index in [0.717, 1.165) is 18.9 Å². The maximum atomic E-state index is 13.7. The number of benzene rings is 3. The third-order valence-electron chi connectivity index (χ3n) is 8.90. The molecule has 1 N–H and O–H groups in total. The van der Waals surface area contributed by atoms with E-state index in [-0.39, 0.29) is 46.3 Å². The van der Waals surface area contributed by atoms with E-state index < -0.39 is 54.2 Å². The Labute approximate surface area is 392 Å². The number of esters is 3. The summed E-state index contributed by atoms with van der Waals surface area (Å²) in [5, 5.41) is 2.48. The van der Waals surface area contributed by atoms with E-state index in [9.17, 15) is 37.1 Å². The largest absolute Gasteiger partial charge is 0.497 e. The molecule has 0 spiro atoms. The van der Waals surface area contributed by atoms with Crippen LogP contribution >= 0.6 is 0 Å². The smallest absolute Gasteiger partial charge is 0.416 e. The molecule has 0 bridgehead atoms. The van der Waals surface area contributed by atoms with Gasteiger partial charge in [0.05, 0.1) is 43.3 Å². The molecule has 16 heteroatoms. The molecule has 0 aliphatic rings. The summed E-state index contributed by atoms with van der Waals surface area (Å²) in [7, 11) is 1.26. The highest BCUT2D eigenvalue weighted by molar-refractivity contribution is 5.98. The van der Waals surface area contributed by atoms with E-state index in [0.29, 0.717) is 23.6 Å². The molecule has 0 atom stereocenters. The maximum Gasteiger partial charge on any atom is 0.416 e. The fraction of sp³-hybridized carbons (Fsp3) is 0.451. The number of unbranched alkanes of at least 4 members (excludes halogenated alkanes) is 4. The molecular weight excluding hydrogens is 872 g/mol. The van der Waals surface area contributed by atoms with Crippen LogP contribution in [0, 0.1) is 0 Å². The van der Waals surface area contributed by atoms with Crippen LogP contribution in [0.25, 0.3) is 0 Å². The lowest BCUT2D eigenvalue weighted by molar-refractivity contribution is -0.156. The molecule has 67 heavy (non-hydrogen) atoms. The number of methoxy groups -OCH3 is 1. The van der Waals surface area contributed by atoms with Gasteiger partial charge in [-0.05, 0) is 126 Å². The highest BCUT2D eigenvalue weighted by atomic mass is 19.4. The van der Waals surface area contributed by atoms with Crippen molar-refractivity contribution in [3.05, 3.63) is 119 Å². The minimum absolute atomic E-state index is 0.0268. The Kier molecular flexibility index (Phi) is 23.1. The molecular formula is C51H66F3N3O10. The van der Waals surface area contributed by atoms with Gasteiger partial charge in [0.15, 0.2) is 0 Å². The predicted octanol–water partition coefficient (Wildman–Crippen LogP) is 11.0. The van der Waals surface area contributed by atoms with Crippen molar-refractivity contribution in [1.82, 2.24) is 15.2 Å². The molecule has 0 unspecified atom stereocenters. The van der Waals surface area contributed by atoms with Crippen molar-refractivity contribution in [2.75, 3.05) is 20.3 Å². The van der Waals surface area contributed by atoms with E-state index in [2.05, 4.69) is 17.2 Å². The summed E-state index contributed by atoms with van der Waals surface area (Å²) in [6.07, 6.45) is 2.30. The summed E-state index contributed by atoms with van der Waals surface area (Å²) in [4.78, 5) is 68.0. The number of ether oxygens (including phenoxy) is 5. The van der Waals surface area contributed by atoms with Gasteiger partial charge in [0.1, 0.15) is 35.0 Å². The van der Waals surface area contributed by atoms with Gasteiger partial charge >= 0.3 is 24.1 Å². The van der Waals surface area contributed by atoms with Crippen LogP contribution in [-0.4, -0.2) is 71.1 Å². The lowest BCUT2D eigenvalue weighted by atomic mass is 10.1. The molecule has 0 fully saturated rings. The molecule has 1 aromatic heterocycles. The van der Waals surface area contributed by atoms with Gasteiger partial charge in [-0.25, -0.2) is 4.79 Å². The quantitative estimate of drug-likeness (QED) is 0.0747. The van der Waals surface area contributed by atoms with Crippen molar-refractivity contribution < 1.29 is 60.8 Å². The third-order valence-corrected chi connectivity index (χ3v) is 8.90. The predicted molar refractivity (Wildman–Crippen MR) is 249 cm³/mol. The summed E-state index contributed by atoms with van der Waals surface area (Å²) in [6, 6.07) is 18.6. The fourth-order valence-electron chi connectivity index (χ4n) is 5.99. The van der Waals surface area contributed by atoms with Gasteiger partial charge in [-0.2, -0.15) is 13.2 Å². The zero-order chi connectivity index (χ0) is 50.4. The number of carbonyl (C=O) groups excluding carboxylic acids is 5. The molecule has 366 valence electrons. The molecule has 2 amide bonds. The Bertz CT molecular complexity index is 2180. The Morgan fingerprint density at radius 2 is 1.27 bits per heavy atom. The van der Waals surface area contributed by atoms with Crippen LogP contribution in [0.2, 0.25) is 0 Å². The van der Waals surface area contributed by atoms with Crippen molar-refractivity contribution in [2.24, 2.45) is 0 Å². The van der Waals surface area contributed by atoms with Gasteiger partial charge in [-0.15, -0.1) is 0 Å². The van der Waals surface area contributed by atoms with Gasteiger partial charge in [0.25, 0.3) is 11.8 Å². The number of pyridine rings is 1. The van der Waals surface area contributed by atoms with E-state index in [1.807, 2.05) is 34.6 Å². The Morgan fingerprint density at radius 1 is 0.701 bits per heavy atom. The number of nitrogens with zero attached hydrogens (tertiary/aromatic N) is 2. The highest BCUT2D eigenvalue weighted by Gasteiger charge is 2.34. The van der Waals surface area contributed by atoms with Gasteiger partial charge in [0, 0.05) is 24.6 Å². The van der Waals surface area contributed by atoms with Crippen LogP contribution in [0.4, 0.5) is 13.2 Å². The van der Waals surface area contributed by atoms with E-state index >= 15 is 0 Å². The Balaban J connectivity index is 0.00000139. The molecule has 0 radical (unpaired) electrons. The number of amides is 2. The number of halogens is 3. The number of nitrogens with one attached hydrogen (secondary N) is 1. The molecule has 1 heterocycles. The van der Waals surface area contributed by atoms with Crippen LogP contribution in [0.3, 0.4) is 0 Å². The summed E-state index contributed by atoms with van der Waals surface area (Å²) >= 11 is 0. The second-order valence-electron chi connectivity index (χ2n) is 16.9. The van der Waals surface area contributed by atoms with Crippen LogP contribution < -0.4 is 19.5 Å². The lowest BCUT2D eigenvalue weighted by Gasteiger charge is -2.25.